The van der Waals surface area contributed by atoms with Gasteiger partial charge in [-0.1, -0.05) is 67.8 Å². The maximum Gasteiger partial charge on any atom is 0.321 e. The number of anilines is 1. The Morgan fingerprint density at radius 1 is 0.875 bits per heavy atom. The molecule has 0 heterocycles. The zero-order valence-electron chi connectivity index (χ0n) is 25.5. The highest BCUT2D eigenvalue weighted by Crippen LogP contribution is 2.13. The predicted octanol–water partition coefficient (Wildman–Crippen LogP) is 4.51. The van der Waals surface area contributed by atoms with E-state index in [0.29, 0.717) is 13.1 Å². The highest BCUT2D eigenvalue weighted by Gasteiger charge is 2.10. The van der Waals surface area contributed by atoms with Gasteiger partial charge in [0, 0.05) is 33.1 Å². The van der Waals surface area contributed by atoms with Crippen LogP contribution in [0.15, 0.2) is 48.5 Å². The molecule has 0 spiro atoms. The van der Waals surface area contributed by atoms with Gasteiger partial charge in [-0.25, -0.2) is 4.79 Å². The van der Waals surface area contributed by atoms with E-state index in [1.54, 1.807) is 7.05 Å². The molecular weight excluding hydrogens is 510 g/mol. The number of likely N-dealkylation sites (N-methyl/N-ethyl adjacent to an activating group) is 1. The number of benzene rings is 2. The number of urea groups is 1. The molecule has 1 unspecified atom stereocenters. The molecule has 9 heteroatoms. The van der Waals surface area contributed by atoms with Gasteiger partial charge in [0.2, 0.25) is 0 Å². The summed E-state index contributed by atoms with van der Waals surface area (Å²) in [5.41, 5.74) is 4.75. The summed E-state index contributed by atoms with van der Waals surface area (Å²) < 4.78 is 9.35. The Labute approximate surface area is 240 Å². The molecule has 40 heavy (non-hydrogen) atoms. The molecule has 0 aliphatic heterocycles. The molecule has 0 saturated carbocycles. The number of nitrogens with zero attached hydrogens (tertiary/aromatic N) is 2. The van der Waals surface area contributed by atoms with Crippen molar-refractivity contribution in [3.63, 3.8) is 0 Å². The van der Waals surface area contributed by atoms with Crippen LogP contribution in [-0.4, -0.2) is 81.0 Å². The molecule has 2 aromatic carbocycles. The van der Waals surface area contributed by atoms with Crippen molar-refractivity contribution in [3.05, 3.63) is 65.2 Å². The van der Waals surface area contributed by atoms with Crippen molar-refractivity contribution in [2.45, 2.75) is 60.5 Å². The summed E-state index contributed by atoms with van der Waals surface area (Å²) in [6, 6.07) is 16.2. The SMILES string of the molecule is CC(=O)OCCNC(=O)N(C)c1ccc(C)cc1.CCCc1ccc(C)cc1.CCN(C)CC(O)COC(C)=O. The Morgan fingerprint density at radius 2 is 1.40 bits per heavy atom. The molecule has 0 bridgehead atoms. The van der Waals surface area contributed by atoms with Crippen LogP contribution in [0, 0.1) is 13.8 Å². The molecule has 0 aliphatic rings. The molecule has 0 radical (unpaired) electrons. The first-order valence-electron chi connectivity index (χ1n) is 13.7. The second-order valence-corrected chi connectivity index (χ2v) is 9.51. The van der Waals surface area contributed by atoms with E-state index < -0.39 is 6.10 Å². The van der Waals surface area contributed by atoms with E-state index >= 15 is 0 Å². The molecule has 9 nitrogen and oxygen atoms in total. The van der Waals surface area contributed by atoms with Gasteiger partial charge in [0.1, 0.15) is 19.3 Å². The Kier molecular flexibility index (Phi) is 19.6. The second kappa shape index (κ2) is 21.4. The topological polar surface area (TPSA) is 108 Å². The minimum Gasteiger partial charge on any atom is -0.464 e. The van der Waals surface area contributed by atoms with Crippen LogP contribution in [0.5, 0.6) is 0 Å². The predicted molar refractivity (Wildman–Crippen MR) is 161 cm³/mol. The summed E-state index contributed by atoms with van der Waals surface area (Å²) in [5.74, 6) is -0.704. The summed E-state index contributed by atoms with van der Waals surface area (Å²) in [5, 5.41) is 11.9. The van der Waals surface area contributed by atoms with E-state index in [4.69, 9.17) is 4.74 Å². The Bertz CT molecular complexity index is 980. The summed E-state index contributed by atoms with van der Waals surface area (Å²) in [7, 11) is 3.59. The Balaban J connectivity index is 0.000000602. The molecule has 2 rings (SSSR count). The lowest BCUT2D eigenvalue weighted by atomic mass is 10.1. The first-order chi connectivity index (χ1) is 18.9. The van der Waals surface area contributed by atoms with Gasteiger partial charge in [0.25, 0.3) is 0 Å². The monoisotopic (exact) mass is 559 g/mol. The van der Waals surface area contributed by atoms with Gasteiger partial charge in [0.05, 0.1) is 6.54 Å². The number of carbonyl (C=O) groups is 3. The number of carbonyl (C=O) groups excluding carboxylic acids is 3. The quantitative estimate of drug-likeness (QED) is 0.308. The molecule has 0 aromatic heterocycles. The van der Waals surface area contributed by atoms with E-state index in [0.717, 1.165) is 17.8 Å². The van der Waals surface area contributed by atoms with Crippen molar-refractivity contribution < 1.29 is 29.0 Å². The van der Waals surface area contributed by atoms with Crippen LogP contribution >= 0.6 is 0 Å². The van der Waals surface area contributed by atoms with Gasteiger partial charge in [-0.15, -0.1) is 0 Å². The van der Waals surface area contributed by atoms with Crippen molar-refractivity contribution >= 4 is 23.7 Å². The Hall–Kier alpha value is -3.43. The number of aliphatic hydroxyl groups excluding tert-OH is 1. The van der Waals surface area contributed by atoms with E-state index in [-0.39, 0.29) is 31.2 Å². The zero-order chi connectivity index (χ0) is 30.5. The van der Waals surface area contributed by atoms with Gasteiger partial charge in [-0.05, 0) is 51.6 Å². The van der Waals surface area contributed by atoms with Crippen molar-refractivity contribution in [2.24, 2.45) is 0 Å². The van der Waals surface area contributed by atoms with Crippen LogP contribution in [0.1, 0.15) is 50.8 Å². The first-order valence-corrected chi connectivity index (χ1v) is 13.7. The minimum absolute atomic E-state index is 0.0830. The van der Waals surface area contributed by atoms with Gasteiger partial charge in [0.15, 0.2) is 0 Å². The standard InChI is InChI=1S/C13H18N2O3.C10H14.C8H17NO3/c1-10-4-6-12(7-5-10)15(3)13(17)14-8-9-18-11(2)16;1-3-4-10-7-5-9(2)6-8-10;1-4-9(3)5-8(11)6-12-7(2)10/h4-7H,8-9H2,1-3H3,(H,14,17);5-8H,3-4H2,1-2H3;8,11H,4-6H2,1-3H3. The van der Waals surface area contributed by atoms with Crippen LogP contribution in [0.25, 0.3) is 0 Å². The second-order valence-electron chi connectivity index (χ2n) is 9.51. The number of hydrogen-bond donors (Lipinski definition) is 2. The van der Waals surface area contributed by atoms with Crippen molar-refractivity contribution in [1.29, 1.82) is 0 Å². The van der Waals surface area contributed by atoms with E-state index in [2.05, 4.69) is 48.2 Å². The molecule has 224 valence electrons. The third-order valence-corrected chi connectivity index (χ3v) is 5.61. The molecule has 1 atom stereocenters. The maximum absolute atomic E-state index is 11.7. The molecular formula is C31H49N3O6. The van der Waals surface area contributed by atoms with Crippen LogP contribution in [-0.2, 0) is 25.5 Å². The number of amides is 2. The highest BCUT2D eigenvalue weighted by atomic mass is 16.5. The van der Waals surface area contributed by atoms with Crippen molar-refractivity contribution in [3.8, 4) is 0 Å². The molecule has 2 aromatic rings. The lowest BCUT2D eigenvalue weighted by Crippen LogP contribution is -2.39. The number of rotatable bonds is 11. The van der Waals surface area contributed by atoms with Crippen LogP contribution in [0.3, 0.4) is 0 Å². The maximum atomic E-state index is 11.7. The number of aliphatic hydroxyl groups is 1. The molecule has 2 N–H and O–H groups in total. The normalized spacial score (nSPS) is 10.8. The number of esters is 2. The van der Waals surface area contributed by atoms with Crippen LogP contribution in [0.2, 0.25) is 0 Å². The van der Waals surface area contributed by atoms with E-state index in [1.807, 2.05) is 50.1 Å². The average Bonchev–Trinajstić information content (AvgIpc) is 2.92. The van der Waals surface area contributed by atoms with Crippen LogP contribution < -0.4 is 10.2 Å². The van der Waals surface area contributed by atoms with Gasteiger partial charge in [-0.2, -0.15) is 0 Å². The van der Waals surface area contributed by atoms with Crippen LogP contribution in [0.4, 0.5) is 10.5 Å². The molecule has 0 fully saturated rings. The number of aryl methyl sites for hydroxylation is 3. The number of nitrogens with one attached hydrogen (secondary N) is 1. The van der Waals surface area contributed by atoms with Gasteiger partial charge < -0.3 is 24.8 Å². The summed E-state index contributed by atoms with van der Waals surface area (Å²) in [6.07, 6.45) is 1.86. The fourth-order valence-corrected chi connectivity index (χ4v) is 3.16. The molecule has 2 amide bonds. The third-order valence-electron chi connectivity index (χ3n) is 5.61. The van der Waals surface area contributed by atoms with Gasteiger partial charge >= 0.3 is 18.0 Å². The third kappa shape index (κ3) is 18.8. The van der Waals surface area contributed by atoms with Gasteiger partial charge in [-0.3, -0.25) is 14.5 Å². The average molecular weight is 560 g/mol. The van der Waals surface area contributed by atoms with Crippen molar-refractivity contribution in [2.75, 3.05) is 51.8 Å². The fourth-order valence-electron chi connectivity index (χ4n) is 3.16. The zero-order valence-corrected chi connectivity index (χ0v) is 25.5. The summed E-state index contributed by atoms with van der Waals surface area (Å²) >= 11 is 0. The molecule has 0 aliphatic carbocycles. The number of ether oxygens (including phenoxy) is 2. The minimum atomic E-state index is -0.584. The largest absolute Gasteiger partial charge is 0.464 e. The summed E-state index contributed by atoms with van der Waals surface area (Å²) in [4.78, 5) is 36.1. The van der Waals surface area contributed by atoms with E-state index in [1.165, 1.54) is 42.7 Å². The molecule has 0 saturated heterocycles. The summed E-state index contributed by atoms with van der Waals surface area (Å²) in [6.45, 7) is 12.9. The van der Waals surface area contributed by atoms with Crippen molar-refractivity contribution in [1.82, 2.24) is 10.2 Å². The Morgan fingerprint density at radius 3 is 1.88 bits per heavy atom. The smallest absolute Gasteiger partial charge is 0.321 e. The van der Waals surface area contributed by atoms with E-state index in [9.17, 15) is 19.5 Å². The lowest BCUT2D eigenvalue weighted by Gasteiger charge is -2.18. The fraction of sp³-hybridized carbons (Fsp3) is 0.516. The lowest BCUT2D eigenvalue weighted by molar-refractivity contribution is -0.144. The first kappa shape index (κ1) is 36.6. The number of hydrogen-bond acceptors (Lipinski definition) is 7. The highest BCUT2D eigenvalue weighted by molar-refractivity contribution is 5.91.